The summed E-state index contributed by atoms with van der Waals surface area (Å²) in [6.07, 6.45) is 0.577. The average molecular weight is 492 g/mol. The van der Waals surface area contributed by atoms with E-state index >= 15 is 0 Å². The number of amides is 1. The SMILES string of the molecule is CCCOc1ccc(S(=O)(=O)NC(=O)OC(C)C)cc1-c1nc2c(CCC)nn(C)c2c(=O)[nH]1. The highest BCUT2D eigenvalue weighted by Crippen LogP contribution is 2.31. The van der Waals surface area contributed by atoms with Crippen molar-refractivity contribution in [2.75, 3.05) is 6.61 Å². The lowest BCUT2D eigenvalue weighted by Gasteiger charge is -2.14. The third-order valence-corrected chi connectivity index (χ3v) is 6.10. The molecule has 1 aromatic carbocycles. The monoisotopic (exact) mass is 491 g/mol. The summed E-state index contributed by atoms with van der Waals surface area (Å²) in [7, 11) is -2.58. The van der Waals surface area contributed by atoms with Gasteiger partial charge in [0, 0.05) is 7.05 Å². The van der Waals surface area contributed by atoms with Gasteiger partial charge in [-0.15, -0.1) is 0 Å². The minimum Gasteiger partial charge on any atom is -0.493 e. The molecule has 1 amide bonds. The molecule has 0 saturated carbocycles. The highest BCUT2D eigenvalue weighted by Gasteiger charge is 2.23. The fourth-order valence-electron chi connectivity index (χ4n) is 3.39. The fraction of sp³-hybridized carbons (Fsp3) is 0.455. The van der Waals surface area contributed by atoms with Crippen LogP contribution in [0.5, 0.6) is 5.75 Å². The number of hydrogen-bond donors (Lipinski definition) is 2. The number of aromatic amines is 1. The van der Waals surface area contributed by atoms with Crippen LogP contribution in [0, 0.1) is 0 Å². The number of ether oxygens (including phenoxy) is 2. The van der Waals surface area contributed by atoms with Crippen LogP contribution in [0.3, 0.4) is 0 Å². The van der Waals surface area contributed by atoms with Gasteiger partial charge in [-0.2, -0.15) is 5.10 Å². The second-order valence-electron chi connectivity index (χ2n) is 8.00. The van der Waals surface area contributed by atoms with Gasteiger partial charge < -0.3 is 14.5 Å². The minimum absolute atomic E-state index is 0.135. The number of aromatic nitrogens is 4. The molecule has 0 aliphatic heterocycles. The summed E-state index contributed by atoms with van der Waals surface area (Å²) >= 11 is 0. The second kappa shape index (κ2) is 10.2. The Kier molecular flexibility index (Phi) is 7.60. The predicted octanol–water partition coefficient (Wildman–Crippen LogP) is 2.89. The van der Waals surface area contributed by atoms with E-state index in [1.54, 1.807) is 20.9 Å². The summed E-state index contributed by atoms with van der Waals surface area (Å²) in [6.45, 7) is 7.51. The number of carbonyl (C=O) groups is 1. The summed E-state index contributed by atoms with van der Waals surface area (Å²) in [5, 5.41) is 4.41. The number of carbonyl (C=O) groups excluding carboxylic acids is 1. The van der Waals surface area contributed by atoms with Gasteiger partial charge in [0.05, 0.1) is 28.9 Å². The standard InChI is InChI=1S/C22H29N5O6S/c1-6-8-16-18-19(27(5)25-16)21(28)24-20(23-18)15-12-14(9-10-17(15)32-11-7-2)34(30,31)26-22(29)33-13(3)4/h9-10,12-13H,6-8,11H2,1-5H3,(H,26,29)(H,23,24,28). The van der Waals surface area contributed by atoms with E-state index in [-0.39, 0.29) is 16.3 Å². The Hall–Kier alpha value is -3.41. The van der Waals surface area contributed by atoms with Crippen LogP contribution in [0.4, 0.5) is 4.79 Å². The first-order chi connectivity index (χ1) is 16.1. The molecule has 0 radical (unpaired) electrons. The Morgan fingerprint density at radius 3 is 2.62 bits per heavy atom. The number of nitrogens with zero attached hydrogens (tertiary/aromatic N) is 3. The molecule has 0 aliphatic rings. The number of nitrogens with one attached hydrogen (secondary N) is 2. The molecule has 3 rings (SSSR count). The largest absolute Gasteiger partial charge is 0.493 e. The molecule has 2 N–H and O–H groups in total. The Balaban J connectivity index is 2.16. The number of sulfonamides is 1. The third-order valence-electron chi connectivity index (χ3n) is 4.79. The maximum atomic E-state index is 12.9. The number of rotatable bonds is 9. The molecule has 0 bridgehead atoms. The van der Waals surface area contributed by atoms with Gasteiger partial charge in [0.2, 0.25) is 0 Å². The smallest absolute Gasteiger partial charge is 0.421 e. The molecule has 0 atom stereocenters. The highest BCUT2D eigenvalue weighted by atomic mass is 32.2. The maximum absolute atomic E-state index is 12.9. The predicted molar refractivity (Wildman–Crippen MR) is 126 cm³/mol. The molecule has 0 aliphatic carbocycles. The number of H-pyrrole nitrogens is 1. The van der Waals surface area contributed by atoms with Crippen molar-refractivity contribution in [3.63, 3.8) is 0 Å². The summed E-state index contributed by atoms with van der Waals surface area (Å²) in [5.41, 5.74) is 1.29. The molecule has 34 heavy (non-hydrogen) atoms. The maximum Gasteiger partial charge on any atom is 0.421 e. The van der Waals surface area contributed by atoms with Crippen molar-refractivity contribution >= 4 is 27.1 Å². The van der Waals surface area contributed by atoms with Crippen LogP contribution < -0.4 is 15.0 Å². The lowest BCUT2D eigenvalue weighted by Crippen LogP contribution is -2.32. The molecular weight excluding hydrogens is 462 g/mol. The zero-order valence-corrected chi connectivity index (χ0v) is 20.7. The van der Waals surface area contributed by atoms with Gasteiger partial charge >= 0.3 is 6.09 Å². The van der Waals surface area contributed by atoms with Crippen molar-refractivity contribution in [2.45, 2.75) is 58.0 Å². The molecule has 0 unspecified atom stereocenters. The molecule has 0 saturated heterocycles. The van der Waals surface area contributed by atoms with Gasteiger partial charge in [0.15, 0.2) is 5.52 Å². The molecule has 2 aromatic heterocycles. The van der Waals surface area contributed by atoms with E-state index < -0.39 is 27.8 Å². The molecule has 2 heterocycles. The van der Waals surface area contributed by atoms with Gasteiger partial charge in [-0.25, -0.2) is 22.9 Å². The van der Waals surface area contributed by atoms with E-state index in [4.69, 9.17) is 9.47 Å². The van der Waals surface area contributed by atoms with Crippen LogP contribution in [-0.4, -0.2) is 47.0 Å². The molecule has 11 nitrogen and oxygen atoms in total. The van der Waals surface area contributed by atoms with Crippen molar-refractivity contribution in [1.82, 2.24) is 24.5 Å². The second-order valence-corrected chi connectivity index (χ2v) is 9.68. The first-order valence-electron chi connectivity index (χ1n) is 11.0. The Morgan fingerprint density at radius 2 is 1.97 bits per heavy atom. The molecule has 12 heteroatoms. The van der Waals surface area contributed by atoms with Gasteiger partial charge in [0.1, 0.15) is 17.1 Å². The van der Waals surface area contributed by atoms with E-state index in [0.717, 1.165) is 6.42 Å². The molecule has 0 fully saturated rings. The van der Waals surface area contributed by atoms with Crippen LogP contribution in [0.1, 0.15) is 46.2 Å². The fourth-order valence-corrected chi connectivity index (χ4v) is 4.29. The Bertz CT molecular complexity index is 1360. The summed E-state index contributed by atoms with van der Waals surface area (Å²) < 4.78 is 39.6. The van der Waals surface area contributed by atoms with Gasteiger partial charge in [-0.1, -0.05) is 20.3 Å². The highest BCUT2D eigenvalue weighted by molar-refractivity contribution is 7.90. The normalized spacial score (nSPS) is 11.7. The first-order valence-corrected chi connectivity index (χ1v) is 12.5. The Morgan fingerprint density at radius 1 is 1.24 bits per heavy atom. The van der Waals surface area contributed by atoms with Crippen molar-refractivity contribution in [3.8, 4) is 17.1 Å². The first kappa shape index (κ1) is 25.2. The van der Waals surface area contributed by atoms with Crippen molar-refractivity contribution in [1.29, 1.82) is 0 Å². The van der Waals surface area contributed by atoms with Gasteiger partial charge in [-0.3, -0.25) is 9.48 Å². The molecule has 0 spiro atoms. The Labute approximate surface area is 197 Å². The van der Waals surface area contributed by atoms with Crippen LogP contribution in [0.25, 0.3) is 22.4 Å². The van der Waals surface area contributed by atoms with Crippen LogP contribution in [-0.2, 0) is 28.2 Å². The van der Waals surface area contributed by atoms with Gasteiger partial charge in [-0.05, 0) is 44.9 Å². The van der Waals surface area contributed by atoms with E-state index in [9.17, 15) is 18.0 Å². The summed E-state index contributed by atoms with van der Waals surface area (Å²) in [6, 6.07) is 4.08. The van der Waals surface area contributed by atoms with Crippen molar-refractivity contribution in [2.24, 2.45) is 7.05 Å². The number of hydrogen-bond acceptors (Lipinski definition) is 8. The topological polar surface area (TPSA) is 145 Å². The molecule has 184 valence electrons. The number of benzene rings is 1. The zero-order valence-electron chi connectivity index (χ0n) is 19.8. The van der Waals surface area contributed by atoms with Crippen molar-refractivity contribution in [3.05, 3.63) is 34.2 Å². The summed E-state index contributed by atoms with van der Waals surface area (Å²) in [4.78, 5) is 31.9. The van der Waals surface area contributed by atoms with E-state index in [1.165, 1.54) is 22.9 Å². The molecular formula is C22H29N5O6S. The van der Waals surface area contributed by atoms with Crippen LogP contribution in [0.15, 0.2) is 27.9 Å². The molecule has 3 aromatic rings. The van der Waals surface area contributed by atoms with E-state index in [2.05, 4.69) is 15.1 Å². The lowest BCUT2D eigenvalue weighted by atomic mass is 10.1. The third kappa shape index (κ3) is 5.38. The zero-order chi connectivity index (χ0) is 25.0. The number of fused-ring (bicyclic) bond motifs is 1. The average Bonchev–Trinajstić information content (AvgIpc) is 3.07. The van der Waals surface area contributed by atoms with Crippen molar-refractivity contribution < 1.29 is 22.7 Å². The number of aryl methyl sites for hydroxylation is 2. The minimum atomic E-state index is -4.25. The van der Waals surface area contributed by atoms with Crippen LogP contribution >= 0.6 is 0 Å². The summed E-state index contributed by atoms with van der Waals surface area (Å²) in [5.74, 6) is 0.477. The quantitative estimate of drug-likeness (QED) is 0.465. The van der Waals surface area contributed by atoms with Crippen LogP contribution in [0.2, 0.25) is 0 Å². The van der Waals surface area contributed by atoms with E-state index in [0.29, 0.717) is 41.9 Å². The van der Waals surface area contributed by atoms with Gasteiger partial charge in [0.25, 0.3) is 15.6 Å². The van der Waals surface area contributed by atoms with E-state index in [1.807, 2.05) is 18.6 Å². The lowest BCUT2D eigenvalue weighted by molar-refractivity contribution is 0.121.